The Morgan fingerprint density at radius 3 is 2.90 bits per heavy atom. The van der Waals surface area contributed by atoms with Crippen molar-refractivity contribution < 1.29 is 0 Å². The van der Waals surface area contributed by atoms with Crippen LogP contribution in [0.1, 0.15) is 32.3 Å². The van der Waals surface area contributed by atoms with Crippen molar-refractivity contribution in [2.75, 3.05) is 23.8 Å². The predicted octanol–water partition coefficient (Wildman–Crippen LogP) is 3.20. The molecule has 1 aliphatic heterocycles. The molecule has 1 aromatic rings. The lowest BCUT2D eigenvalue weighted by Crippen LogP contribution is -2.46. The maximum absolute atomic E-state index is 6.11. The minimum atomic E-state index is 0.485. The molecule has 5 heteroatoms. The van der Waals surface area contributed by atoms with Crippen molar-refractivity contribution in [3.8, 4) is 0 Å². The lowest BCUT2D eigenvalue weighted by atomic mass is 10.00. The first-order valence-corrected chi connectivity index (χ1v) is 10.0. The van der Waals surface area contributed by atoms with E-state index in [1.165, 1.54) is 29.9 Å². The Balaban J connectivity index is 2.11. The molecule has 3 unspecified atom stereocenters. The number of nitrogens with zero attached hydrogens (tertiary/aromatic N) is 1. The van der Waals surface area contributed by atoms with Gasteiger partial charge in [-0.1, -0.05) is 13.8 Å². The van der Waals surface area contributed by atoms with E-state index in [0.717, 1.165) is 23.9 Å². The third kappa shape index (κ3) is 4.80. The highest BCUT2D eigenvalue weighted by Crippen LogP contribution is 2.36. The monoisotopic (exact) mass is 325 g/mol. The van der Waals surface area contributed by atoms with Crippen LogP contribution in [0.2, 0.25) is 0 Å². The van der Waals surface area contributed by atoms with Crippen LogP contribution in [0, 0.1) is 0 Å². The smallest absolute Gasteiger partial charge is 0.0378 e. The molecule has 3 N–H and O–H groups in total. The van der Waals surface area contributed by atoms with Gasteiger partial charge in [-0.15, -0.1) is 0 Å². The number of rotatable bonds is 7. The van der Waals surface area contributed by atoms with Crippen LogP contribution < -0.4 is 11.1 Å². The standard InChI is InChI=1S/C16H27N3S2/c1-3-6-19-14(10-12-11-18-7-5-13(12)17)16-15(4-2)20-8-9-21-16/h5,7,11,14-16,19H,3-4,6,8-10H2,1-2H3,(H2,17,18). The Kier molecular flexibility index (Phi) is 7.20. The van der Waals surface area contributed by atoms with E-state index in [1.807, 2.05) is 12.3 Å². The van der Waals surface area contributed by atoms with Crippen LogP contribution in [-0.4, -0.2) is 39.6 Å². The average Bonchev–Trinajstić information content (AvgIpc) is 2.53. The van der Waals surface area contributed by atoms with Gasteiger partial charge in [-0.25, -0.2) is 0 Å². The fourth-order valence-electron chi connectivity index (χ4n) is 2.79. The molecule has 0 saturated carbocycles. The van der Waals surface area contributed by atoms with Gasteiger partial charge in [0, 0.05) is 46.1 Å². The highest BCUT2D eigenvalue weighted by Gasteiger charge is 2.32. The molecule has 0 aromatic carbocycles. The number of nitrogens with one attached hydrogen (secondary N) is 1. The largest absolute Gasteiger partial charge is 0.398 e. The number of thioether (sulfide) groups is 2. The Labute approximate surface area is 137 Å². The van der Waals surface area contributed by atoms with Crippen molar-refractivity contribution in [2.45, 2.75) is 49.7 Å². The molecule has 1 aromatic heterocycles. The van der Waals surface area contributed by atoms with Gasteiger partial charge in [0.1, 0.15) is 0 Å². The minimum absolute atomic E-state index is 0.485. The van der Waals surface area contributed by atoms with Crippen molar-refractivity contribution in [1.82, 2.24) is 10.3 Å². The molecule has 0 bridgehead atoms. The van der Waals surface area contributed by atoms with Gasteiger partial charge in [0.25, 0.3) is 0 Å². The first-order chi connectivity index (χ1) is 10.3. The Morgan fingerprint density at radius 1 is 1.38 bits per heavy atom. The molecule has 2 heterocycles. The molecule has 0 aliphatic carbocycles. The molecule has 0 amide bonds. The quantitative estimate of drug-likeness (QED) is 0.806. The highest BCUT2D eigenvalue weighted by atomic mass is 32.2. The zero-order valence-electron chi connectivity index (χ0n) is 13.0. The Hall–Kier alpha value is -0.390. The molecular formula is C16H27N3S2. The Bertz CT molecular complexity index is 428. The van der Waals surface area contributed by atoms with Crippen LogP contribution in [0.25, 0.3) is 0 Å². The van der Waals surface area contributed by atoms with Crippen LogP contribution in [0.4, 0.5) is 5.69 Å². The number of nitrogen functional groups attached to an aromatic ring is 1. The van der Waals surface area contributed by atoms with E-state index in [0.29, 0.717) is 11.3 Å². The van der Waals surface area contributed by atoms with Crippen LogP contribution in [-0.2, 0) is 6.42 Å². The van der Waals surface area contributed by atoms with E-state index in [-0.39, 0.29) is 0 Å². The maximum atomic E-state index is 6.11. The summed E-state index contributed by atoms with van der Waals surface area (Å²) in [4.78, 5) is 4.24. The van der Waals surface area contributed by atoms with E-state index in [9.17, 15) is 0 Å². The van der Waals surface area contributed by atoms with E-state index in [4.69, 9.17) is 5.73 Å². The van der Waals surface area contributed by atoms with Crippen molar-refractivity contribution in [2.24, 2.45) is 0 Å². The molecule has 21 heavy (non-hydrogen) atoms. The molecule has 3 atom stereocenters. The SMILES string of the molecule is CCCNC(Cc1cnccc1N)C1SCCSC1CC. The summed E-state index contributed by atoms with van der Waals surface area (Å²) in [5.74, 6) is 2.55. The van der Waals surface area contributed by atoms with Gasteiger partial charge in [0.05, 0.1) is 0 Å². The fraction of sp³-hybridized carbons (Fsp3) is 0.688. The molecule has 118 valence electrons. The van der Waals surface area contributed by atoms with E-state index in [2.05, 4.69) is 47.7 Å². The Morgan fingerprint density at radius 2 is 2.19 bits per heavy atom. The number of anilines is 1. The lowest BCUT2D eigenvalue weighted by Gasteiger charge is -2.36. The topological polar surface area (TPSA) is 50.9 Å². The molecule has 1 fully saturated rings. The lowest BCUT2D eigenvalue weighted by molar-refractivity contribution is 0.477. The van der Waals surface area contributed by atoms with Crippen molar-refractivity contribution in [3.05, 3.63) is 24.0 Å². The number of nitrogens with two attached hydrogens (primary N) is 1. The molecule has 1 aliphatic rings. The van der Waals surface area contributed by atoms with Gasteiger partial charge in [0.2, 0.25) is 0 Å². The second kappa shape index (κ2) is 8.91. The summed E-state index contributed by atoms with van der Waals surface area (Å²) in [6.07, 6.45) is 7.09. The van der Waals surface area contributed by atoms with Gasteiger partial charge in [-0.2, -0.15) is 23.5 Å². The first kappa shape index (κ1) is 17.0. The van der Waals surface area contributed by atoms with E-state index in [1.54, 1.807) is 6.20 Å². The highest BCUT2D eigenvalue weighted by molar-refractivity contribution is 8.07. The van der Waals surface area contributed by atoms with Gasteiger partial charge in [-0.05, 0) is 37.4 Å². The van der Waals surface area contributed by atoms with Crippen molar-refractivity contribution in [1.29, 1.82) is 0 Å². The molecular weight excluding hydrogens is 298 g/mol. The molecule has 0 radical (unpaired) electrons. The van der Waals surface area contributed by atoms with E-state index < -0.39 is 0 Å². The van der Waals surface area contributed by atoms with Crippen LogP contribution >= 0.6 is 23.5 Å². The van der Waals surface area contributed by atoms with Gasteiger partial charge in [-0.3, -0.25) is 4.98 Å². The zero-order chi connectivity index (χ0) is 15.1. The number of aromatic nitrogens is 1. The summed E-state index contributed by atoms with van der Waals surface area (Å²) in [5.41, 5.74) is 8.16. The summed E-state index contributed by atoms with van der Waals surface area (Å²) >= 11 is 4.28. The molecule has 2 rings (SSSR count). The van der Waals surface area contributed by atoms with Crippen LogP contribution in [0.3, 0.4) is 0 Å². The molecule has 0 spiro atoms. The van der Waals surface area contributed by atoms with Crippen molar-refractivity contribution >= 4 is 29.2 Å². The maximum Gasteiger partial charge on any atom is 0.0378 e. The number of hydrogen-bond acceptors (Lipinski definition) is 5. The summed E-state index contributed by atoms with van der Waals surface area (Å²) in [6.45, 7) is 5.61. The summed E-state index contributed by atoms with van der Waals surface area (Å²) in [5, 5.41) is 5.17. The van der Waals surface area contributed by atoms with Gasteiger partial charge < -0.3 is 11.1 Å². The third-order valence-corrected chi connectivity index (χ3v) is 7.34. The van der Waals surface area contributed by atoms with Crippen LogP contribution in [0.15, 0.2) is 18.5 Å². The second-order valence-corrected chi connectivity index (χ2v) is 8.13. The van der Waals surface area contributed by atoms with E-state index >= 15 is 0 Å². The second-order valence-electron chi connectivity index (χ2n) is 5.49. The summed E-state index contributed by atoms with van der Waals surface area (Å²) < 4.78 is 0. The normalized spacial score (nSPS) is 23.9. The number of hydrogen-bond donors (Lipinski definition) is 2. The molecule has 1 saturated heterocycles. The summed E-state index contributed by atoms with van der Waals surface area (Å²) in [7, 11) is 0. The first-order valence-electron chi connectivity index (χ1n) is 7.91. The van der Waals surface area contributed by atoms with Gasteiger partial charge >= 0.3 is 0 Å². The predicted molar refractivity (Wildman–Crippen MR) is 97.2 cm³/mol. The average molecular weight is 326 g/mol. The van der Waals surface area contributed by atoms with Crippen molar-refractivity contribution in [3.63, 3.8) is 0 Å². The van der Waals surface area contributed by atoms with Gasteiger partial charge in [0.15, 0.2) is 0 Å². The zero-order valence-corrected chi connectivity index (χ0v) is 14.7. The minimum Gasteiger partial charge on any atom is -0.398 e. The fourth-order valence-corrected chi connectivity index (χ4v) is 6.05. The molecule has 3 nitrogen and oxygen atoms in total. The number of pyridine rings is 1. The third-order valence-electron chi connectivity index (χ3n) is 3.93. The van der Waals surface area contributed by atoms with Crippen LogP contribution in [0.5, 0.6) is 0 Å². The summed E-state index contributed by atoms with van der Waals surface area (Å²) in [6, 6.07) is 2.39.